The van der Waals surface area contributed by atoms with Gasteiger partial charge in [-0.2, -0.15) is 0 Å². The summed E-state index contributed by atoms with van der Waals surface area (Å²) < 4.78 is 11.8. The van der Waals surface area contributed by atoms with Crippen molar-refractivity contribution >= 4 is 11.0 Å². The fraction of sp³-hybridized carbons (Fsp3) is 0.579. The van der Waals surface area contributed by atoms with E-state index in [4.69, 9.17) is 9.15 Å². The van der Waals surface area contributed by atoms with Crippen molar-refractivity contribution in [2.24, 2.45) is 5.92 Å². The lowest BCUT2D eigenvalue weighted by molar-refractivity contribution is -0.0313. The number of benzene rings is 1. The molecule has 1 saturated heterocycles. The van der Waals surface area contributed by atoms with Crippen molar-refractivity contribution < 1.29 is 9.15 Å². The fourth-order valence-corrected chi connectivity index (χ4v) is 3.21. The van der Waals surface area contributed by atoms with Crippen molar-refractivity contribution in [2.75, 3.05) is 32.8 Å². The van der Waals surface area contributed by atoms with Gasteiger partial charge in [0.05, 0.1) is 18.8 Å². The smallest absolute Gasteiger partial charge is 0.134 e. The van der Waals surface area contributed by atoms with Crippen LogP contribution in [0.1, 0.15) is 32.6 Å². The van der Waals surface area contributed by atoms with Crippen LogP contribution in [0.5, 0.6) is 0 Å². The van der Waals surface area contributed by atoms with E-state index in [0.717, 1.165) is 49.5 Å². The predicted octanol–water partition coefficient (Wildman–Crippen LogP) is 3.44. The summed E-state index contributed by atoms with van der Waals surface area (Å²) >= 11 is 0. The number of nitrogens with one attached hydrogen (secondary N) is 1. The summed E-state index contributed by atoms with van der Waals surface area (Å²) in [6.45, 7) is 11.6. The van der Waals surface area contributed by atoms with Gasteiger partial charge in [-0.3, -0.25) is 4.90 Å². The van der Waals surface area contributed by atoms with Crippen molar-refractivity contribution in [2.45, 2.75) is 32.9 Å². The molecule has 1 aromatic heterocycles. The van der Waals surface area contributed by atoms with Gasteiger partial charge in [0.1, 0.15) is 11.3 Å². The van der Waals surface area contributed by atoms with E-state index in [1.54, 1.807) is 0 Å². The maximum Gasteiger partial charge on any atom is 0.134 e. The van der Waals surface area contributed by atoms with Crippen LogP contribution >= 0.6 is 0 Å². The van der Waals surface area contributed by atoms with Gasteiger partial charge in [-0.15, -0.1) is 0 Å². The highest BCUT2D eigenvalue weighted by Crippen LogP contribution is 2.23. The Morgan fingerprint density at radius 1 is 1.26 bits per heavy atom. The monoisotopic (exact) mass is 316 g/mol. The lowest BCUT2D eigenvalue weighted by Crippen LogP contribution is -2.47. The Bertz CT molecular complexity index is 590. The highest BCUT2D eigenvalue weighted by molar-refractivity contribution is 5.77. The minimum absolute atomic E-state index is 0.187. The first-order valence-corrected chi connectivity index (χ1v) is 8.67. The first kappa shape index (κ1) is 16.5. The van der Waals surface area contributed by atoms with Gasteiger partial charge >= 0.3 is 0 Å². The van der Waals surface area contributed by atoms with Gasteiger partial charge in [0.2, 0.25) is 0 Å². The van der Waals surface area contributed by atoms with Crippen LogP contribution in [0.2, 0.25) is 0 Å². The maximum absolute atomic E-state index is 5.93. The Hall–Kier alpha value is -1.36. The Balaban J connectivity index is 1.53. The molecule has 3 rings (SSSR count). The van der Waals surface area contributed by atoms with E-state index in [1.807, 2.05) is 18.2 Å². The predicted molar refractivity (Wildman–Crippen MR) is 93.6 cm³/mol. The zero-order valence-corrected chi connectivity index (χ0v) is 14.4. The van der Waals surface area contributed by atoms with Gasteiger partial charge in [-0.05, 0) is 25.0 Å². The van der Waals surface area contributed by atoms with Crippen LogP contribution in [0.15, 0.2) is 34.7 Å². The summed E-state index contributed by atoms with van der Waals surface area (Å²) in [6.07, 6.45) is 0.259. The summed E-state index contributed by atoms with van der Waals surface area (Å²) in [7, 11) is 0. The summed E-state index contributed by atoms with van der Waals surface area (Å²) in [5.41, 5.74) is 0.952. The number of furan rings is 1. The third kappa shape index (κ3) is 4.34. The molecule has 0 amide bonds. The largest absolute Gasteiger partial charge is 0.459 e. The molecule has 0 radical (unpaired) electrons. The first-order valence-electron chi connectivity index (χ1n) is 8.67. The van der Waals surface area contributed by atoms with Crippen LogP contribution in [-0.2, 0) is 4.74 Å². The van der Waals surface area contributed by atoms with E-state index in [-0.39, 0.29) is 12.1 Å². The standard InChI is InChI=1S/C19H28N2O2/c1-14(2)12-21-8-9-22-17(13-21)11-20-15(3)19-10-16-6-4-5-7-18(16)23-19/h4-7,10,14-15,17,20H,8-9,11-13H2,1-3H3. The molecule has 23 heavy (non-hydrogen) atoms. The van der Waals surface area contributed by atoms with Crippen LogP contribution in [-0.4, -0.2) is 43.8 Å². The molecule has 4 heteroatoms. The van der Waals surface area contributed by atoms with E-state index >= 15 is 0 Å². The average molecular weight is 316 g/mol. The topological polar surface area (TPSA) is 37.6 Å². The molecule has 0 saturated carbocycles. The molecule has 1 N–H and O–H groups in total. The van der Waals surface area contributed by atoms with Crippen LogP contribution in [0.3, 0.4) is 0 Å². The summed E-state index contributed by atoms with van der Waals surface area (Å²) in [5, 5.41) is 4.72. The quantitative estimate of drug-likeness (QED) is 0.886. The summed E-state index contributed by atoms with van der Waals surface area (Å²) in [6, 6.07) is 10.5. The third-order valence-electron chi connectivity index (χ3n) is 4.37. The normalized spacial score (nSPS) is 21.1. The van der Waals surface area contributed by atoms with Gasteiger partial charge in [0.15, 0.2) is 0 Å². The minimum atomic E-state index is 0.187. The number of hydrogen-bond acceptors (Lipinski definition) is 4. The molecule has 2 unspecified atom stereocenters. The van der Waals surface area contributed by atoms with Crippen molar-refractivity contribution in [3.63, 3.8) is 0 Å². The average Bonchev–Trinajstić information content (AvgIpc) is 2.96. The number of hydrogen-bond donors (Lipinski definition) is 1. The van der Waals surface area contributed by atoms with Gasteiger partial charge in [0, 0.05) is 31.6 Å². The lowest BCUT2D eigenvalue weighted by atomic mass is 10.1. The maximum atomic E-state index is 5.93. The number of morpholine rings is 1. The van der Waals surface area contributed by atoms with Gasteiger partial charge in [-0.1, -0.05) is 32.0 Å². The van der Waals surface area contributed by atoms with Crippen LogP contribution in [0.4, 0.5) is 0 Å². The van der Waals surface area contributed by atoms with E-state index in [0.29, 0.717) is 5.92 Å². The molecule has 2 atom stereocenters. The highest BCUT2D eigenvalue weighted by atomic mass is 16.5. The molecule has 0 bridgehead atoms. The van der Waals surface area contributed by atoms with E-state index in [1.165, 1.54) is 0 Å². The van der Waals surface area contributed by atoms with Crippen LogP contribution < -0.4 is 5.32 Å². The van der Waals surface area contributed by atoms with Gasteiger partial charge in [-0.25, -0.2) is 0 Å². The van der Waals surface area contributed by atoms with Crippen molar-refractivity contribution in [1.29, 1.82) is 0 Å². The molecule has 126 valence electrons. The Kier molecular flexibility index (Phi) is 5.36. The molecule has 4 nitrogen and oxygen atoms in total. The summed E-state index contributed by atoms with van der Waals surface area (Å²) in [4.78, 5) is 2.51. The van der Waals surface area contributed by atoms with Crippen LogP contribution in [0, 0.1) is 5.92 Å². The highest BCUT2D eigenvalue weighted by Gasteiger charge is 2.22. The zero-order chi connectivity index (χ0) is 16.2. The van der Waals surface area contributed by atoms with Gasteiger partial charge < -0.3 is 14.5 Å². The fourth-order valence-electron chi connectivity index (χ4n) is 3.21. The number of ether oxygens (including phenoxy) is 1. The molecule has 1 fully saturated rings. The van der Waals surface area contributed by atoms with E-state index in [9.17, 15) is 0 Å². The first-order chi connectivity index (χ1) is 11.1. The number of nitrogens with zero attached hydrogens (tertiary/aromatic N) is 1. The van der Waals surface area contributed by atoms with Crippen molar-refractivity contribution in [3.8, 4) is 0 Å². The molecule has 0 spiro atoms. The van der Waals surface area contributed by atoms with Crippen LogP contribution in [0.25, 0.3) is 11.0 Å². The number of fused-ring (bicyclic) bond motifs is 1. The second-order valence-electron chi connectivity index (χ2n) is 6.96. The number of rotatable bonds is 6. The molecule has 1 aromatic carbocycles. The zero-order valence-electron chi connectivity index (χ0n) is 14.4. The molecule has 2 aromatic rings. The summed E-state index contributed by atoms with van der Waals surface area (Å²) in [5.74, 6) is 1.69. The van der Waals surface area contributed by atoms with Gasteiger partial charge in [0.25, 0.3) is 0 Å². The molecule has 1 aliphatic rings. The third-order valence-corrected chi connectivity index (χ3v) is 4.37. The minimum Gasteiger partial charge on any atom is -0.459 e. The van der Waals surface area contributed by atoms with E-state index < -0.39 is 0 Å². The Morgan fingerprint density at radius 2 is 2.09 bits per heavy atom. The van der Waals surface area contributed by atoms with E-state index in [2.05, 4.69) is 43.1 Å². The molecule has 1 aliphatic heterocycles. The molecular weight excluding hydrogens is 288 g/mol. The second kappa shape index (κ2) is 7.47. The molecule has 2 heterocycles. The SMILES string of the molecule is CC(C)CN1CCOC(CNC(C)c2cc3ccccc3o2)C1. The molecule has 0 aliphatic carbocycles. The Morgan fingerprint density at radius 3 is 2.87 bits per heavy atom. The molecular formula is C19H28N2O2. The lowest BCUT2D eigenvalue weighted by Gasteiger charge is -2.34. The Labute approximate surface area is 138 Å². The second-order valence-corrected chi connectivity index (χ2v) is 6.96. The van der Waals surface area contributed by atoms with Crippen molar-refractivity contribution in [1.82, 2.24) is 10.2 Å². The van der Waals surface area contributed by atoms with Crippen molar-refractivity contribution in [3.05, 3.63) is 36.1 Å². The number of para-hydroxylation sites is 1.